The summed E-state index contributed by atoms with van der Waals surface area (Å²) < 4.78 is 15.0. The molecule has 0 amide bonds. The van der Waals surface area contributed by atoms with Crippen LogP contribution in [0.2, 0.25) is 0 Å². The van der Waals surface area contributed by atoms with Gasteiger partial charge in [0.2, 0.25) is 0 Å². The van der Waals surface area contributed by atoms with Crippen molar-refractivity contribution in [2.45, 2.75) is 6.92 Å². The van der Waals surface area contributed by atoms with Gasteiger partial charge in [-0.25, -0.2) is 4.39 Å². The summed E-state index contributed by atoms with van der Waals surface area (Å²) in [6, 6.07) is 1.88. The Morgan fingerprint density at radius 3 is 3.00 bits per heavy atom. The molecule has 4 N–H and O–H groups in total. The second-order valence-corrected chi connectivity index (χ2v) is 5.67. The zero-order chi connectivity index (χ0) is 18.7. The molecule has 0 saturated carbocycles. The van der Waals surface area contributed by atoms with Crippen LogP contribution in [-0.4, -0.2) is 23.1 Å². The summed E-state index contributed by atoms with van der Waals surface area (Å²) in [5.74, 6) is -0.0111. The van der Waals surface area contributed by atoms with E-state index in [1.807, 2.05) is 18.2 Å². The van der Waals surface area contributed by atoms with Crippen LogP contribution in [0.3, 0.4) is 0 Å². The van der Waals surface area contributed by atoms with Crippen molar-refractivity contribution in [3.63, 3.8) is 0 Å². The number of hydrogen-bond donors (Lipinski definition) is 3. The summed E-state index contributed by atoms with van der Waals surface area (Å²) in [5.41, 5.74) is 9.39. The first kappa shape index (κ1) is 17.2. The summed E-state index contributed by atoms with van der Waals surface area (Å²) in [6.45, 7) is 1.71. The van der Waals surface area contributed by atoms with Gasteiger partial charge in [0.15, 0.2) is 0 Å². The number of halogens is 1. The number of nitrogens with two attached hydrogens (primary N) is 1. The maximum absolute atomic E-state index is 15.0. The van der Waals surface area contributed by atoms with E-state index in [0.717, 1.165) is 22.2 Å². The predicted molar refractivity (Wildman–Crippen MR) is 101 cm³/mol. The zero-order valence-electron chi connectivity index (χ0n) is 14.3. The Kier molecular flexibility index (Phi) is 4.67. The number of nitriles is 1. The number of rotatable bonds is 3. The minimum absolute atomic E-state index is 0.317. The third-order valence-electron chi connectivity index (χ3n) is 4.12. The molecule has 0 aliphatic carbocycles. The van der Waals surface area contributed by atoms with Crippen LogP contribution in [0.1, 0.15) is 16.7 Å². The largest absolute Gasteiger partial charge is 0.384 e. The van der Waals surface area contributed by atoms with Crippen molar-refractivity contribution < 1.29 is 4.39 Å². The lowest BCUT2D eigenvalue weighted by Gasteiger charge is -2.16. The van der Waals surface area contributed by atoms with E-state index in [2.05, 4.69) is 20.5 Å². The fourth-order valence-corrected chi connectivity index (χ4v) is 2.90. The molecular weight excluding hydrogens is 331 g/mol. The molecule has 130 valence electrons. The van der Waals surface area contributed by atoms with Crippen LogP contribution in [-0.2, 0) is 0 Å². The second kappa shape index (κ2) is 7.07. The SMILES string of the molecule is CN=C(N)/C=C1/C=C(c2c(C)c(F)c(/C=C/C#N)c3[nH]ncc23)C=CN1. The van der Waals surface area contributed by atoms with E-state index < -0.39 is 5.82 Å². The zero-order valence-corrected chi connectivity index (χ0v) is 14.3. The number of nitrogens with zero attached hydrogens (tertiary/aromatic N) is 3. The van der Waals surface area contributed by atoms with Gasteiger partial charge in [-0.3, -0.25) is 10.1 Å². The molecule has 0 bridgehead atoms. The number of aliphatic imine (C=N–C) groups is 1. The van der Waals surface area contributed by atoms with Gasteiger partial charge in [0.05, 0.1) is 17.8 Å². The first-order valence-corrected chi connectivity index (χ1v) is 7.87. The van der Waals surface area contributed by atoms with Gasteiger partial charge in [-0.2, -0.15) is 10.4 Å². The summed E-state index contributed by atoms with van der Waals surface area (Å²) in [6.07, 6.45) is 11.5. The average molecular weight is 348 g/mol. The molecule has 0 radical (unpaired) electrons. The van der Waals surface area contributed by atoms with Crippen molar-refractivity contribution in [3.8, 4) is 6.07 Å². The molecule has 0 atom stereocenters. The molecule has 0 spiro atoms. The van der Waals surface area contributed by atoms with Gasteiger partial charge in [0.25, 0.3) is 0 Å². The topological polar surface area (TPSA) is 103 Å². The molecule has 0 saturated heterocycles. The molecule has 6 nitrogen and oxygen atoms in total. The lowest BCUT2D eigenvalue weighted by Crippen LogP contribution is -2.14. The van der Waals surface area contributed by atoms with Crippen molar-refractivity contribution in [1.29, 1.82) is 5.26 Å². The summed E-state index contributed by atoms with van der Waals surface area (Å²) in [7, 11) is 1.61. The number of H-pyrrole nitrogens is 1. The van der Waals surface area contributed by atoms with E-state index in [0.29, 0.717) is 22.5 Å². The number of amidine groups is 1. The van der Waals surface area contributed by atoms with Crippen LogP contribution in [0.4, 0.5) is 4.39 Å². The normalized spacial score (nSPS) is 16.2. The lowest BCUT2D eigenvalue weighted by atomic mass is 9.92. The number of benzene rings is 1. The van der Waals surface area contributed by atoms with E-state index in [4.69, 9.17) is 11.0 Å². The van der Waals surface area contributed by atoms with Crippen LogP contribution in [0, 0.1) is 24.1 Å². The first-order valence-electron chi connectivity index (χ1n) is 7.87. The Balaban J connectivity index is 2.24. The van der Waals surface area contributed by atoms with E-state index >= 15 is 0 Å². The quantitative estimate of drug-likeness (QED) is 0.451. The smallest absolute Gasteiger partial charge is 0.136 e. The predicted octanol–water partition coefficient (Wildman–Crippen LogP) is 2.92. The van der Waals surface area contributed by atoms with Gasteiger partial charge in [0.1, 0.15) is 11.7 Å². The van der Waals surface area contributed by atoms with E-state index in [1.165, 1.54) is 12.2 Å². The molecule has 3 rings (SSSR count). The summed E-state index contributed by atoms with van der Waals surface area (Å²) in [5, 5.41) is 19.5. The molecule has 2 aromatic rings. The Labute approximate surface area is 149 Å². The Hall–Kier alpha value is -3.66. The monoisotopic (exact) mass is 348 g/mol. The number of fused-ring (bicyclic) bond motifs is 1. The van der Waals surface area contributed by atoms with E-state index in [9.17, 15) is 4.39 Å². The Morgan fingerprint density at radius 1 is 1.46 bits per heavy atom. The van der Waals surface area contributed by atoms with Gasteiger partial charge in [-0.05, 0) is 41.9 Å². The van der Waals surface area contributed by atoms with Crippen LogP contribution in [0.15, 0.2) is 47.4 Å². The second-order valence-electron chi connectivity index (χ2n) is 5.67. The van der Waals surface area contributed by atoms with Crippen molar-refractivity contribution in [2.75, 3.05) is 7.05 Å². The fraction of sp³-hybridized carbons (Fsp3) is 0.105. The Bertz CT molecular complexity index is 1060. The minimum atomic E-state index is -0.392. The molecular formula is C19H17FN6. The van der Waals surface area contributed by atoms with Crippen LogP contribution in [0.25, 0.3) is 22.6 Å². The number of hydrogen-bond acceptors (Lipinski definition) is 4. The van der Waals surface area contributed by atoms with Crippen molar-refractivity contribution >= 4 is 28.4 Å². The highest BCUT2D eigenvalue weighted by Gasteiger charge is 2.19. The molecule has 1 aromatic heterocycles. The van der Waals surface area contributed by atoms with E-state index in [1.54, 1.807) is 32.4 Å². The van der Waals surface area contributed by atoms with Gasteiger partial charge in [-0.15, -0.1) is 0 Å². The Morgan fingerprint density at radius 2 is 2.27 bits per heavy atom. The lowest BCUT2D eigenvalue weighted by molar-refractivity contribution is 0.617. The molecule has 0 unspecified atom stereocenters. The third-order valence-corrected chi connectivity index (χ3v) is 4.12. The van der Waals surface area contributed by atoms with Crippen LogP contribution < -0.4 is 11.1 Å². The number of allylic oxidation sites excluding steroid dienone is 4. The highest BCUT2D eigenvalue weighted by molar-refractivity contribution is 6.01. The molecule has 7 heteroatoms. The number of aromatic amines is 1. The van der Waals surface area contributed by atoms with Crippen molar-refractivity contribution in [1.82, 2.24) is 15.5 Å². The van der Waals surface area contributed by atoms with Crippen LogP contribution >= 0.6 is 0 Å². The summed E-state index contributed by atoms with van der Waals surface area (Å²) >= 11 is 0. The first-order chi connectivity index (χ1) is 12.6. The molecule has 1 aromatic carbocycles. The summed E-state index contributed by atoms with van der Waals surface area (Å²) in [4.78, 5) is 3.91. The molecule has 1 aliphatic heterocycles. The fourth-order valence-electron chi connectivity index (χ4n) is 2.90. The van der Waals surface area contributed by atoms with Crippen LogP contribution in [0.5, 0.6) is 0 Å². The van der Waals surface area contributed by atoms with E-state index in [-0.39, 0.29) is 0 Å². The molecule has 2 heterocycles. The van der Waals surface area contributed by atoms with Crippen molar-refractivity contribution in [3.05, 3.63) is 64.9 Å². The maximum Gasteiger partial charge on any atom is 0.136 e. The van der Waals surface area contributed by atoms with Gasteiger partial charge >= 0.3 is 0 Å². The number of dihydropyridines is 1. The minimum Gasteiger partial charge on any atom is -0.384 e. The highest BCUT2D eigenvalue weighted by atomic mass is 19.1. The van der Waals surface area contributed by atoms with Gasteiger partial charge in [-0.1, -0.05) is 0 Å². The average Bonchev–Trinajstić information content (AvgIpc) is 3.11. The van der Waals surface area contributed by atoms with Crippen molar-refractivity contribution in [2.24, 2.45) is 10.7 Å². The highest BCUT2D eigenvalue weighted by Crippen LogP contribution is 2.35. The third kappa shape index (κ3) is 3.00. The van der Waals surface area contributed by atoms with Gasteiger partial charge < -0.3 is 11.1 Å². The standard InChI is InChI=1S/C19H17FN6/c1-11-17(12-5-7-24-13(8-12)9-16(22)23-2)15-10-25-26-19(15)14(18(11)20)4-3-6-21/h3-5,7-10,24H,1-2H3,(H2,22,23)(H,25,26)/b4-3+,13-9-. The number of nitrogens with one attached hydrogen (secondary N) is 2. The molecule has 26 heavy (non-hydrogen) atoms. The number of aromatic nitrogens is 2. The maximum atomic E-state index is 15.0. The molecule has 0 fully saturated rings. The van der Waals surface area contributed by atoms with Gasteiger partial charge in [0, 0.05) is 42.0 Å². The molecule has 1 aliphatic rings.